The van der Waals surface area contributed by atoms with Gasteiger partial charge in [0, 0.05) is 38.2 Å². The predicted molar refractivity (Wildman–Crippen MR) is 81.8 cm³/mol. The molecule has 3 N–H and O–H groups in total. The molecule has 1 aromatic heterocycles. The van der Waals surface area contributed by atoms with E-state index in [1.54, 1.807) is 6.07 Å². The molecule has 2 heterocycles. The molecule has 0 radical (unpaired) electrons. The number of piperidine rings is 1. The van der Waals surface area contributed by atoms with Gasteiger partial charge in [-0.2, -0.15) is 0 Å². The highest BCUT2D eigenvalue weighted by Crippen LogP contribution is 2.22. The smallest absolute Gasteiger partial charge is 0.257 e. The normalized spacial score (nSPS) is 18.6. The van der Waals surface area contributed by atoms with Crippen molar-refractivity contribution in [2.45, 2.75) is 31.7 Å². The van der Waals surface area contributed by atoms with Crippen molar-refractivity contribution < 1.29 is 14.0 Å². The van der Waals surface area contributed by atoms with Crippen molar-refractivity contribution in [2.75, 3.05) is 19.6 Å². The minimum absolute atomic E-state index is 0.0293. The van der Waals surface area contributed by atoms with Gasteiger partial charge in [-0.3, -0.25) is 9.59 Å². The number of rotatable bonds is 5. The average Bonchev–Trinajstić information content (AvgIpc) is 2.91. The summed E-state index contributed by atoms with van der Waals surface area (Å²) < 4.78 is 5.67. The van der Waals surface area contributed by atoms with Gasteiger partial charge in [0.25, 0.3) is 5.91 Å². The van der Waals surface area contributed by atoms with E-state index < -0.39 is 0 Å². The number of furan rings is 1. The van der Waals surface area contributed by atoms with Gasteiger partial charge in [-0.15, -0.1) is 0 Å². The van der Waals surface area contributed by atoms with Gasteiger partial charge in [0.05, 0.1) is 5.56 Å². The Morgan fingerprint density at radius 3 is 2.95 bits per heavy atom. The zero-order valence-electron chi connectivity index (χ0n) is 11.8. The number of carbonyl (C=O) groups excluding carboxylic acids is 2. The summed E-state index contributed by atoms with van der Waals surface area (Å²) in [7, 11) is 0. The summed E-state index contributed by atoms with van der Waals surface area (Å²) in [6.07, 6.45) is 4.71. The fourth-order valence-electron chi connectivity index (χ4n) is 2.52. The Morgan fingerprint density at radius 1 is 1.48 bits per heavy atom. The maximum atomic E-state index is 12.5. The van der Waals surface area contributed by atoms with E-state index in [1.165, 1.54) is 6.26 Å². The predicted octanol–water partition coefficient (Wildman–Crippen LogP) is 1.50. The zero-order chi connectivity index (χ0) is 15.2. The van der Waals surface area contributed by atoms with E-state index in [0.717, 1.165) is 19.3 Å². The van der Waals surface area contributed by atoms with Crippen molar-refractivity contribution in [1.82, 2.24) is 10.2 Å². The van der Waals surface area contributed by atoms with E-state index in [9.17, 15) is 9.59 Å². The van der Waals surface area contributed by atoms with E-state index in [2.05, 4.69) is 21.2 Å². The average molecular weight is 358 g/mol. The summed E-state index contributed by atoms with van der Waals surface area (Å²) in [4.78, 5) is 25.8. The van der Waals surface area contributed by atoms with Crippen LogP contribution in [0.1, 0.15) is 36.0 Å². The van der Waals surface area contributed by atoms with Gasteiger partial charge in [0.1, 0.15) is 6.26 Å². The third-order valence-corrected chi connectivity index (χ3v) is 4.02. The third-order valence-electron chi connectivity index (χ3n) is 3.61. The van der Waals surface area contributed by atoms with Gasteiger partial charge in [-0.05, 0) is 35.2 Å². The largest absolute Gasteiger partial charge is 0.457 e. The first-order chi connectivity index (χ1) is 10.1. The molecule has 1 atom stereocenters. The minimum atomic E-state index is -0.0680. The second-order valence-corrected chi connectivity index (χ2v) is 5.91. The molecule has 0 saturated carbocycles. The monoisotopic (exact) mass is 357 g/mol. The highest BCUT2D eigenvalue weighted by atomic mass is 79.9. The van der Waals surface area contributed by atoms with Crippen molar-refractivity contribution in [3.63, 3.8) is 0 Å². The molecule has 1 fully saturated rings. The molecule has 116 valence electrons. The quantitative estimate of drug-likeness (QED) is 0.835. The summed E-state index contributed by atoms with van der Waals surface area (Å²) in [5.74, 6) is -0.122. The molecule has 1 aromatic rings. The van der Waals surface area contributed by atoms with Gasteiger partial charge >= 0.3 is 0 Å². The second-order valence-electron chi connectivity index (χ2n) is 5.13. The number of amides is 2. The lowest BCUT2D eigenvalue weighted by molar-refractivity contribution is -0.121. The minimum Gasteiger partial charge on any atom is -0.457 e. The van der Waals surface area contributed by atoms with Crippen LogP contribution in [0.25, 0.3) is 0 Å². The van der Waals surface area contributed by atoms with E-state index in [4.69, 9.17) is 10.2 Å². The Bertz CT molecular complexity index is 503. The lowest BCUT2D eigenvalue weighted by atomic mass is 10.0. The summed E-state index contributed by atoms with van der Waals surface area (Å²) >= 11 is 3.20. The molecule has 0 spiro atoms. The van der Waals surface area contributed by atoms with Crippen molar-refractivity contribution >= 4 is 27.7 Å². The molecule has 2 amide bonds. The lowest BCUT2D eigenvalue weighted by Crippen LogP contribution is -2.49. The molecule has 1 unspecified atom stereocenters. The number of likely N-dealkylation sites (tertiary alicyclic amines) is 1. The molecule has 2 rings (SSSR count). The van der Waals surface area contributed by atoms with E-state index >= 15 is 0 Å². The van der Waals surface area contributed by atoms with Gasteiger partial charge in [0.15, 0.2) is 4.67 Å². The molecule has 0 bridgehead atoms. The molecule has 0 aromatic carbocycles. The van der Waals surface area contributed by atoms with Crippen LogP contribution in [0.3, 0.4) is 0 Å². The first kappa shape index (κ1) is 16.0. The molecule has 0 aliphatic carbocycles. The Hall–Kier alpha value is -1.34. The Labute approximate surface area is 132 Å². The maximum absolute atomic E-state index is 12.5. The fourth-order valence-corrected chi connectivity index (χ4v) is 2.86. The van der Waals surface area contributed by atoms with E-state index in [-0.39, 0.29) is 17.9 Å². The highest BCUT2D eigenvalue weighted by molar-refractivity contribution is 9.10. The van der Waals surface area contributed by atoms with Crippen LogP contribution >= 0.6 is 15.9 Å². The topological polar surface area (TPSA) is 88.6 Å². The van der Waals surface area contributed by atoms with Crippen molar-refractivity contribution in [3.05, 3.63) is 22.6 Å². The first-order valence-electron chi connectivity index (χ1n) is 7.13. The second kappa shape index (κ2) is 7.61. The van der Waals surface area contributed by atoms with Crippen molar-refractivity contribution in [1.29, 1.82) is 0 Å². The summed E-state index contributed by atoms with van der Waals surface area (Å²) in [5.41, 5.74) is 5.88. The van der Waals surface area contributed by atoms with E-state index in [0.29, 0.717) is 36.3 Å². The molecule has 21 heavy (non-hydrogen) atoms. The number of halogens is 1. The molecular formula is C14H20BrN3O3. The zero-order valence-corrected chi connectivity index (χ0v) is 13.4. The number of nitrogens with one attached hydrogen (secondary N) is 1. The van der Waals surface area contributed by atoms with Crippen LogP contribution in [0, 0.1) is 0 Å². The highest BCUT2D eigenvalue weighted by Gasteiger charge is 2.28. The van der Waals surface area contributed by atoms with Crippen LogP contribution in [0.4, 0.5) is 0 Å². The third kappa shape index (κ3) is 4.31. The maximum Gasteiger partial charge on any atom is 0.257 e. The standard InChI is InChI=1S/C14H20BrN3O3/c15-12-7-10(9-21-12)14(20)18-6-2-1-3-11(18)8-17-13(19)4-5-16/h7,9,11H,1-6,8,16H2,(H,17,19). The van der Waals surface area contributed by atoms with Crippen LogP contribution in [0.2, 0.25) is 0 Å². The van der Waals surface area contributed by atoms with Crippen LogP contribution in [-0.4, -0.2) is 42.4 Å². The van der Waals surface area contributed by atoms with Gasteiger partial charge in [0.2, 0.25) is 5.91 Å². The van der Waals surface area contributed by atoms with E-state index in [1.807, 2.05) is 4.90 Å². The van der Waals surface area contributed by atoms with Gasteiger partial charge in [-0.1, -0.05) is 0 Å². The summed E-state index contributed by atoms with van der Waals surface area (Å²) in [6.45, 7) is 1.52. The van der Waals surface area contributed by atoms with Gasteiger partial charge in [-0.25, -0.2) is 0 Å². The van der Waals surface area contributed by atoms with Crippen LogP contribution in [0.5, 0.6) is 0 Å². The van der Waals surface area contributed by atoms with Crippen molar-refractivity contribution in [3.8, 4) is 0 Å². The summed E-state index contributed by atoms with van der Waals surface area (Å²) in [5, 5.41) is 2.85. The number of nitrogens with zero attached hydrogens (tertiary/aromatic N) is 1. The molecular weight excluding hydrogens is 338 g/mol. The SMILES string of the molecule is NCCC(=O)NCC1CCCCN1C(=O)c1coc(Br)c1. The molecule has 1 aliphatic heterocycles. The fraction of sp³-hybridized carbons (Fsp3) is 0.571. The molecule has 6 nitrogen and oxygen atoms in total. The van der Waals surface area contributed by atoms with Crippen LogP contribution in [0.15, 0.2) is 21.4 Å². The number of hydrogen-bond donors (Lipinski definition) is 2. The van der Waals surface area contributed by atoms with Crippen LogP contribution in [-0.2, 0) is 4.79 Å². The number of nitrogens with two attached hydrogens (primary N) is 1. The molecule has 1 saturated heterocycles. The molecule has 7 heteroatoms. The number of carbonyl (C=O) groups is 2. The van der Waals surface area contributed by atoms with Crippen LogP contribution < -0.4 is 11.1 Å². The molecule has 1 aliphatic rings. The Morgan fingerprint density at radius 2 is 2.29 bits per heavy atom. The van der Waals surface area contributed by atoms with Crippen molar-refractivity contribution in [2.24, 2.45) is 5.73 Å². The number of hydrogen-bond acceptors (Lipinski definition) is 4. The Balaban J connectivity index is 1.98. The lowest BCUT2D eigenvalue weighted by Gasteiger charge is -2.35. The summed E-state index contributed by atoms with van der Waals surface area (Å²) in [6, 6.07) is 1.70. The van der Waals surface area contributed by atoms with Gasteiger partial charge < -0.3 is 20.4 Å². The Kier molecular flexibility index (Phi) is 5.81. The first-order valence-corrected chi connectivity index (χ1v) is 7.93.